The van der Waals surface area contributed by atoms with Gasteiger partial charge in [0.15, 0.2) is 0 Å². The van der Waals surface area contributed by atoms with Gasteiger partial charge in [-0.05, 0) is 50.2 Å². The summed E-state index contributed by atoms with van der Waals surface area (Å²) in [6, 6.07) is 11.2. The van der Waals surface area contributed by atoms with Gasteiger partial charge < -0.3 is 14.8 Å². The topological polar surface area (TPSA) is 64.6 Å². The van der Waals surface area contributed by atoms with Crippen LogP contribution in [0.25, 0.3) is 0 Å². The fourth-order valence-corrected chi connectivity index (χ4v) is 2.38. The van der Waals surface area contributed by atoms with E-state index < -0.39 is 5.97 Å². The molecule has 138 valence electrons. The number of nitrogens with one attached hydrogen (secondary N) is 1. The van der Waals surface area contributed by atoms with Gasteiger partial charge in [0.05, 0.1) is 13.2 Å². The van der Waals surface area contributed by atoms with Gasteiger partial charge in [0.1, 0.15) is 18.1 Å². The lowest BCUT2D eigenvalue weighted by Crippen LogP contribution is -2.31. The smallest absolute Gasteiger partial charge is 0.325 e. The number of esters is 1. The van der Waals surface area contributed by atoms with Gasteiger partial charge in [-0.3, -0.25) is 9.59 Å². The van der Waals surface area contributed by atoms with E-state index in [0.717, 1.165) is 11.1 Å². The Bertz CT molecular complexity index is 739. The Kier molecular flexibility index (Phi) is 7.14. The van der Waals surface area contributed by atoms with E-state index in [1.165, 1.54) is 24.3 Å². The number of carbonyl (C=O) groups is 2. The highest BCUT2D eigenvalue weighted by Crippen LogP contribution is 2.11. The standard InChI is InChI=1S/C20H22FNO4/c1-14-10-15(2)12-16(11-14)20(24)22-13-19(23)26-9-3-8-25-18-6-4-17(21)5-7-18/h4-7,10-12H,3,8-9,13H2,1-2H3,(H,22,24). The third-order valence-electron chi connectivity index (χ3n) is 3.51. The zero-order valence-electron chi connectivity index (χ0n) is 14.9. The number of benzene rings is 2. The van der Waals surface area contributed by atoms with Gasteiger partial charge in [0.2, 0.25) is 0 Å². The van der Waals surface area contributed by atoms with Crippen molar-refractivity contribution < 1.29 is 23.5 Å². The molecule has 6 heteroatoms. The summed E-state index contributed by atoms with van der Waals surface area (Å²) in [5, 5.41) is 2.54. The molecule has 0 spiro atoms. The lowest BCUT2D eigenvalue weighted by molar-refractivity contribution is -0.142. The zero-order valence-corrected chi connectivity index (χ0v) is 14.9. The zero-order chi connectivity index (χ0) is 18.9. The summed E-state index contributed by atoms with van der Waals surface area (Å²) in [5.74, 6) is -0.592. The van der Waals surface area contributed by atoms with E-state index in [1.54, 1.807) is 12.1 Å². The summed E-state index contributed by atoms with van der Waals surface area (Å²) in [7, 11) is 0. The molecule has 2 aromatic rings. The third kappa shape index (κ3) is 6.55. The van der Waals surface area contributed by atoms with Crippen molar-refractivity contribution in [2.24, 2.45) is 0 Å². The van der Waals surface area contributed by atoms with Crippen molar-refractivity contribution >= 4 is 11.9 Å². The van der Waals surface area contributed by atoms with Gasteiger partial charge in [-0.25, -0.2) is 4.39 Å². The summed E-state index contributed by atoms with van der Waals surface area (Å²) in [6.07, 6.45) is 0.494. The van der Waals surface area contributed by atoms with E-state index in [4.69, 9.17) is 9.47 Å². The first kappa shape index (κ1) is 19.4. The second-order valence-corrected chi connectivity index (χ2v) is 5.94. The Morgan fingerprint density at radius 1 is 1.00 bits per heavy atom. The molecular formula is C20H22FNO4. The number of halogens is 1. The Morgan fingerprint density at radius 3 is 2.31 bits per heavy atom. The molecule has 5 nitrogen and oxygen atoms in total. The van der Waals surface area contributed by atoms with Crippen LogP contribution in [0.3, 0.4) is 0 Å². The molecule has 0 atom stereocenters. The number of amides is 1. The van der Waals surface area contributed by atoms with Gasteiger partial charge in [0.25, 0.3) is 5.91 Å². The molecule has 1 N–H and O–H groups in total. The average Bonchev–Trinajstić information content (AvgIpc) is 2.60. The summed E-state index contributed by atoms with van der Waals surface area (Å²) in [6.45, 7) is 4.15. The van der Waals surface area contributed by atoms with E-state index >= 15 is 0 Å². The van der Waals surface area contributed by atoms with Gasteiger partial charge in [0, 0.05) is 12.0 Å². The Labute approximate surface area is 152 Å². The third-order valence-corrected chi connectivity index (χ3v) is 3.51. The van der Waals surface area contributed by atoms with E-state index in [2.05, 4.69) is 5.32 Å². The Hall–Kier alpha value is -2.89. The highest BCUT2D eigenvalue weighted by Gasteiger charge is 2.09. The minimum atomic E-state index is -0.510. The molecule has 0 bridgehead atoms. The predicted octanol–water partition coefficient (Wildman–Crippen LogP) is 3.18. The van der Waals surface area contributed by atoms with E-state index in [1.807, 2.05) is 19.9 Å². The molecule has 0 aromatic heterocycles. The van der Waals surface area contributed by atoms with Crippen LogP contribution in [0.4, 0.5) is 4.39 Å². The maximum absolute atomic E-state index is 12.8. The molecule has 0 aliphatic heterocycles. The van der Waals surface area contributed by atoms with Crippen molar-refractivity contribution in [1.29, 1.82) is 0 Å². The Balaban J connectivity index is 1.62. The van der Waals surface area contributed by atoms with Crippen LogP contribution in [0.15, 0.2) is 42.5 Å². The summed E-state index contributed by atoms with van der Waals surface area (Å²) < 4.78 is 23.2. The van der Waals surface area contributed by atoms with Crippen molar-refractivity contribution in [3.8, 4) is 5.75 Å². The fraction of sp³-hybridized carbons (Fsp3) is 0.300. The minimum Gasteiger partial charge on any atom is -0.493 e. The molecule has 1 amide bonds. The normalized spacial score (nSPS) is 10.3. The molecule has 0 unspecified atom stereocenters. The molecule has 0 radical (unpaired) electrons. The quantitative estimate of drug-likeness (QED) is 0.581. The molecule has 0 saturated carbocycles. The number of hydrogen-bond donors (Lipinski definition) is 1. The van der Waals surface area contributed by atoms with Crippen LogP contribution in [-0.2, 0) is 9.53 Å². The maximum Gasteiger partial charge on any atom is 0.325 e. The second kappa shape index (κ2) is 9.56. The molecular weight excluding hydrogens is 337 g/mol. The average molecular weight is 359 g/mol. The summed E-state index contributed by atoms with van der Waals surface area (Å²) >= 11 is 0. The van der Waals surface area contributed by atoms with Crippen LogP contribution >= 0.6 is 0 Å². The minimum absolute atomic E-state index is 0.180. The molecule has 0 aliphatic rings. The van der Waals surface area contributed by atoms with Gasteiger partial charge in [-0.1, -0.05) is 17.2 Å². The molecule has 0 aliphatic carbocycles. The van der Waals surface area contributed by atoms with Gasteiger partial charge in [-0.2, -0.15) is 0 Å². The summed E-state index contributed by atoms with van der Waals surface area (Å²) in [5.41, 5.74) is 2.49. The van der Waals surface area contributed by atoms with Crippen LogP contribution in [0.5, 0.6) is 5.75 Å². The first-order chi connectivity index (χ1) is 12.4. The van der Waals surface area contributed by atoms with Crippen molar-refractivity contribution in [3.63, 3.8) is 0 Å². The van der Waals surface area contributed by atoms with Crippen molar-refractivity contribution in [1.82, 2.24) is 5.32 Å². The van der Waals surface area contributed by atoms with Crippen LogP contribution in [-0.4, -0.2) is 31.6 Å². The molecule has 0 saturated heterocycles. The largest absolute Gasteiger partial charge is 0.493 e. The van der Waals surface area contributed by atoms with Crippen molar-refractivity contribution in [3.05, 3.63) is 65.0 Å². The molecule has 0 fully saturated rings. The van der Waals surface area contributed by atoms with Gasteiger partial charge >= 0.3 is 5.97 Å². The highest BCUT2D eigenvalue weighted by molar-refractivity contribution is 5.96. The lowest BCUT2D eigenvalue weighted by atomic mass is 10.1. The summed E-state index contributed by atoms with van der Waals surface area (Å²) in [4.78, 5) is 23.7. The number of aryl methyl sites for hydroxylation is 2. The van der Waals surface area contributed by atoms with Crippen LogP contribution in [0.1, 0.15) is 27.9 Å². The number of carbonyl (C=O) groups excluding carboxylic acids is 2. The number of rotatable bonds is 8. The fourth-order valence-electron chi connectivity index (χ4n) is 2.38. The molecule has 2 rings (SSSR count). The lowest BCUT2D eigenvalue weighted by Gasteiger charge is -2.09. The highest BCUT2D eigenvalue weighted by atomic mass is 19.1. The predicted molar refractivity (Wildman–Crippen MR) is 95.7 cm³/mol. The van der Waals surface area contributed by atoms with E-state index in [-0.39, 0.29) is 24.9 Å². The van der Waals surface area contributed by atoms with Crippen LogP contribution in [0, 0.1) is 19.7 Å². The first-order valence-corrected chi connectivity index (χ1v) is 8.34. The van der Waals surface area contributed by atoms with Crippen LogP contribution in [0.2, 0.25) is 0 Å². The maximum atomic E-state index is 12.8. The van der Waals surface area contributed by atoms with Crippen molar-refractivity contribution in [2.45, 2.75) is 20.3 Å². The number of ether oxygens (including phenoxy) is 2. The molecule has 2 aromatic carbocycles. The van der Waals surface area contributed by atoms with E-state index in [0.29, 0.717) is 24.3 Å². The van der Waals surface area contributed by atoms with E-state index in [9.17, 15) is 14.0 Å². The SMILES string of the molecule is Cc1cc(C)cc(C(=O)NCC(=O)OCCCOc2ccc(F)cc2)c1. The molecule has 26 heavy (non-hydrogen) atoms. The monoisotopic (exact) mass is 359 g/mol. The second-order valence-electron chi connectivity index (χ2n) is 5.94. The van der Waals surface area contributed by atoms with Crippen molar-refractivity contribution in [2.75, 3.05) is 19.8 Å². The van der Waals surface area contributed by atoms with Crippen LogP contribution < -0.4 is 10.1 Å². The Morgan fingerprint density at radius 2 is 1.65 bits per heavy atom. The van der Waals surface area contributed by atoms with Gasteiger partial charge in [-0.15, -0.1) is 0 Å². The first-order valence-electron chi connectivity index (χ1n) is 8.34. The molecule has 0 heterocycles. The number of hydrogen-bond acceptors (Lipinski definition) is 4.